The Morgan fingerprint density at radius 3 is 2.47 bits per heavy atom. The van der Waals surface area contributed by atoms with Gasteiger partial charge in [0, 0.05) is 5.56 Å². The molecule has 3 rings (SSSR count). The Hall–Kier alpha value is -1.74. The minimum atomic E-state index is -0.309. The summed E-state index contributed by atoms with van der Waals surface area (Å²) < 4.78 is 14.0. The van der Waals surface area contributed by atoms with Crippen LogP contribution in [-0.2, 0) is 0 Å². The monoisotopic (exact) mass is 256 g/mol. The molecule has 1 unspecified atom stereocenters. The first-order valence-electron chi connectivity index (χ1n) is 6.68. The number of nitrogens with zero attached hydrogens (tertiary/aromatic N) is 1. The minimum absolute atomic E-state index is 0.0658. The Kier molecular flexibility index (Phi) is 3.30. The van der Waals surface area contributed by atoms with Crippen LogP contribution in [0.5, 0.6) is 0 Å². The van der Waals surface area contributed by atoms with Crippen LogP contribution in [0.25, 0.3) is 0 Å². The molecule has 0 radical (unpaired) electrons. The smallest absolute Gasteiger partial charge is 0.216 e. The SMILES string of the molecule is CNC(c1ccccc1)c1ccc(C2CC2)c(F)n1. The fourth-order valence-electron chi connectivity index (χ4n) is 2.45. The zero-order valence-corrected chi connectivity index (χ0v) is 10.9. The molecule has 1 aromatic carbocycles. The van der Waals surface area contributed by atoms with Crippen LogP contribution in [0.1, 0.15) is 41.6 Å². The molecule has 0 saturated heterocycles. The number of hydrogen-bond donors (Lipinski definition) is 1. The van der Waals surface area contributed by atoms with E-state index in [-0.39, 0.29) is 12.0 Å². The molecule has 19 heavy (non-hydrogen) atoms. The van der Waals surface area contributed by atoms with E-state index in [2.05, 4.69) is 10.3 Å². The van der Waals surface area contributed by atoms with Gasteiger partial charge in [0.1, 0.15) is 0 Å². The Balaban J connectivity index is 1.93. The summed E-state index contributed by atoms with van der Waals surface area (Å²) >= 11 is 0. The van der Waals surface area contributed by atoms with E-state index in [1.807, 2.05) is 49.5 Å². The molecule has 3 heteroatoms. The van der Waals surface area contributed by atoms with E-state index in [0.717, 1.165) is 29.7 Å². The molecule has 0 aliphatic heterocycles. The number of benzene rings is 1. The van der Waals surface area contributed by atoms with E-state index in [4.69, 9.17) is 0 Å². The summed E-state index contributed by atoms with van der Waals surface area (Å²) in [5.74, 6) is 0.0856. The number of pyridine rings is 1. The lowest BCUT2D eigenvalue weighted by Crippen LogP contribution is -2.19. The highest BCUT2D eigenvalue weighted by atomic mass is 19.1. The summed E-state index contributed by atoms with van der Waals surface area (Å²) in [7, 11) is 1.87. The first-order chi connectivity index (χ1) is 9.29. The van der Waals surface area contributed by atoms with Crippen molar-refractivity contribution in [3.8, 4) is 0 Å². The van der Waals surface area contributed by atoms with Crippen LogP contribution in [0.3, 0.4) is 0 Å². The summed E-state index contributed by atoms with van der Waals surface area (Å²) in [6.07, 6.45) is 2.18. The van der Waals surface area contributed by atoms with Gasteiger partial charge in [-0.15, -0.1) is 0 Å². The summed E-state index contributed by atoms with van der Waals surface area (Å²) in [5, 5.41) is 3.20. The summed E-state index contributed by atoms with van der Waals surface area (Å²) in [4.78, 5) is 4.15. The van der Waals surface area contributed by atoms with Crippen LogP contribution in [0.15, 0.2) is 42.5 Å². The standard InChI is InChI=1S/C16H17FN2/c1-18-15(12-5-3-2-4-6-12)14-10-9-13(11-7-8-11)16(17)19-14/h2-6,9-11,15,18H,7-8H2,1H3. The maximum atomic E-state index is 14.0. The molecule has 2 aromatic rings. The topological polar surface area (TPSA) is 24.9 Å². The molecule has 1 fully saturated rings. The van der Waals surface area contributed by atoms with Gasteiger partial charge in [-0.3, -0.25) is 0 Å². The van der Waals surface area contributed by atoms with Crippen molar-refractivity contribution >= 4 is 0 Å². The van der Waals surface area contributed by atoms with Gasteiger partial charge < -0.3 is 5.32 Å². The molecular formula is C16H17FN2. The second-order valence-electron chi connectivity index (χ2n) is 5.02. The highest BCUT2D eigenvalue weighted by molar-refractivity contribution is 5.31. The van der Waals surface area contributed by atoms with Crippen molar-refractivity contribution in [3.63, 3.8) is 0 Å². The second kappa shape index (κ2) is 5.10. The van der Waals surface area contributed by atoms with E-state index in [9.17, 15) is 4.39 Å². The largest absolute Gasteiger partial charge is 0.308 e. The van der Waals surface area contributed by atoms with Gasteiger partial charge >= 0.3 is 0 Å². The zero-order valence-electron chi connectivity index (χ0n) is 10.9. The molecular weight excluding hydrogens is 239 g/mol. The van der Waals surface area contributed by atoms with Gasteiger partial charge in [-0.2, -0.15) is 4.39 Å². The highest BCUT2D eigenvalue weighted by Gasteiger charge is 2.27. The van der Waals surface area contributed by atoms with Gasteiger partial charge in [0.2, 0.25) is 5.95 Å². The molecule has 0 amide bonds. The molecule has 1 aromatic heterocycles. The van der Waals surface area contributed by atoms with Crippen LogP contribution in [0.2, 0.25) is 0 Å². The van der Waals surface area contributed by atoms with E-state index in [0.29, 0.717) is 5.92 Å². The third kappa shape index (κ3) is 2.51. The van der Waals surface area contributed by atoms with Gasteiger partial charge in [-0.05, 0) is 37.4 Å². The number of hydrogen-bond acceptors (Lipinski definition) is 2. The Morgan fingerprint density at radius 1 is 1.16 bits per heavy atom. The van der Waals surface area contributed by atoms with Crippen molar-refractivity contribution in [3.05, 3.63) is 65.2 Å². The van der Waals surface area contributed by atoms with Gasteiger partial charge in [-0.25, -0.2) is 4.98 Å². The Bertz CT molecular complexity index is 564. The third-order valence-electron chi connectivity index (χ3n) is 3.63. The van der Waals surface area contributed by atoms with Crippen LogP contribution >= 0.6 is 0 Å². The molecule has 98 valence electrons. The Labute approximate surface area is 112 Å². The highest BCUT2D eigenvalue weighted by Crippen LogP contribution is 2.41. The average molecular weight is 256 g/mol. The molecule has 0 spiro atoms. The summed E-state index contributed by atoms with van der Waals surface area (Å²) in [6.45, 7) is 0. The van der Waals surface area contributed by atoms with Crippen molar-refractivity contribution in [2.75, 3.05) is 7.05 Å². The fourth-order valence-corrected chi connectivity index (χ4v) is 2.45. The third-order valence-corrected chi connectivity index (χ3v) is 3.63. The normalized spacial score (nSPS) is 16.3. The average Bonchev–Trinajstić information content (AvgIpc) is 3.25. The van der Waals surface area contributed by atoms with Crippen LogP contribution in [0.4, 0.5) is 4.39 Å². The van der Waals surface area contributed by atoms with Crippen molar-refractivity contribution in [1.82, 2.24) is 10.3 Å². The number of rotatable bonds is 4. The first kappa shape index (κ1) is 12.3. The van der Waals surface area contributed by atoms with E-state index in [1.54, 1.807) is 0 Å². The van der Waals surface area contributed by atoms with Crippen molar-refractivity contribution in [1.29, 1.82) is 0 Å². The molecule has 0 bridgehead atoms. The molecule has 1 atom stereocenters. The minimum Gasteiger partial charge on any atom is -0.308 e. The van der Waals surface area contributed by atoms with E-state index >= 15 is 0 Å². The summed E-state index contributed by atoms with van der Waals surface area (Å²) in [6, 6.07) is 13.7. The van der Waals surface area contributed by atoms with Crippen LogP contribution < -0.4 is 5.32 Å². The van der Waals surface area contributed by atoms with Gasteiger partial charge in [0.25, 0.3) is 0 Å². The predicted octanol–water partition coefficient (Wildman–Crippen LogP) is 3.41. The van der Waals surface area contributed by atoms with Gasteiger partial charge in [0.15, 0.2) is 0 Å². The lowest BCUT2D eigenvalue weighted by atomic mass is 10.0. The number of aromatic nitrogens is 1. The van der Waals surface area contributed by atoms with E-state index in [1.165, 1.54) is 0 Å². The quantitative estimate of drug-likeness (QED) is 0.848. The lowest BCUT2D eigenvalue weighted by molar-refractivity contribution is 0.547. The van der Waals surface area contributed by atoms with Crippen LogP contribution in [0, 0.1) is 5.95 Å². The van der Waals surface area contributed by atoms with Crippen molar-refractivity contribution in [2.45, 2.75) is 24.8 Å². The zero-order chi connectivity index (χ0) is 13.2. The fraction of sp³-hybridized carbons (Fsp3) is 0.312. The van der Waals surface area contributed by atoms with Crippen molar-refractivity contribution in [2.24, 2.45) is 0 Å². The van der Waals surface area contributed by atoms with Crippen LogP contribution in [-0.4, -0.2) is 12.0 Å². The molecule has 1 saturated carbocycles. The maximum absolute atomic E-state index is 14.0. The molecule has 1 aliphatic carbocycles. The van der Waals surface area contributed by atoms with E-state index < -0.39 is 0 Å². The van der Waals surface area contributed by atoms with Gasteiger partial charge in [-0.1, -0.05) is 36.4 Å². The Morgan fingerprint density at radius 2 is 1.89 bits per heavy atom. The second-order valence-corrected chi connectivity index (χ2v) is 5.02. The maximum Gasteiger partial charge on any atom is 0.216 e. The number of halogens is 1. The summed E-state index contributed by atoms with van der Waals surface area (Å²) in [5.41, 5.74) is 2.60. The molecule has 1 N–H and O–H groups in total. The molecule has 1 heterocycles. The number of nitrogens with one attached hydrogen (secondary N) is 1. The molecule has 2 nitrogen and oxygen atoms in total. The lowest BCUT2D eigenvalue weighted by Gasteiger charge is -2.16. The molecule has 1 aliphatic rings. The predicted molar refractivity (Wildman–Crippen MR) is 73.5 cm³/mol. The van der Waals surface area contributed by atoms with Crippen molar-refractivity contribution < 1.29 is 4.39 Å². The van der Waals surface area contributed by atoms with Gasteiger partial charge in [0.05, 0.1) is 11.7 Å². The first-order valence-corrected chi connectivity index (χ1v) is 6.68.